The number of alkyl halides is 3. The number of amides is 1. The first kappa shape index (κ1) is 22.0. The monoisotopic (exact) mass is 432 g/mol. The van der Waals surface area contributed by atoms with E-state index >= 15 is 0 Å². The number of hydrogen-bond donors (Lipinski definition) is 1. The Bertz CT molecular complexity index is 1210. The number of aromatic nitrogens is 3. The Morgan fingerprint density at radius 3 is 2.19 bits per heavy atom. The Morgan fingerprint density at radius 2 is 1.65 bits per heavy atom. The van der Waals surface area contributed by atoms with E-state index in [-0.39, 0.29) is 18.7 Å². The quantitative estimate of drug-likeness (QED) is 0.672. The van der Waals surface area contributed by atoms with Gasteiger partial charge < -0.3 is 5.32 Å². The maximum Gasteiger partial charge on any atom is 0.416 e. The topological polar surface area (TPSA) is 86.0 Å². The molecule has 0 unspecified atom stereocenters. The van der Waals surface area contributed by atoms with E-state index in [0.717, 1.165) is 26.9 Å². The van der Waals surface area contributed by atoms with E-state index in [1.807, 2.05) is 6.92 Å². The Kier molecular flexibility index (Phi) is 6.09. The lowest BCUT2D eigenvalue weighted by Crippen LogP contribution is -2.46. The van der Waals surface area contributed by atoms with Crippen LogP contribution in [-0.2, 0) is 12.7 Å². The van der Waals surface area contributed by atoms with E-state index in [1.165, 1.54) is 12.1 Å². The number of nitrogens with zero attached hydrogens (tertiary/aromatic N) is 3. The number of halogens is 3. The molecule has 31 heavy (non-hydrogen) atoms. The van der Waals surface area contributed by atoms with Crippen molar-refractivity contribution in [3.63, 3.8) is 0 Å². The summed E-state index contributed by atoms with van der Waals surface area (Å²) in [5.74, 6) is -0.755. The van der Waals surface area contributed by atoms with Gasteiger partial charge in [-0.1, -0.05) is 29.8 Å². The number of benzene rings is 2. The van der Waals surface area contributed by atoms with Crippen molar-refractivity contribution in [2.45, 2.75) is 26.6 Å². The smallest absolute Gasteiger partial charge is 0.351 e. The molecular weight excluding hydrogens is 413 g/mol. The van der Waals surface area contributed by atoms with Crippen LogP contribution in [0.15, 0.2) is 58.1 Å². The molecule has 0 radical (unpaired) electrons. The fraction of sp³-hybridized carbons (Fsp3) is 0.238. The van der Waals surface area contributed by atoms with Crippen LogP contribution in [0.2, 0.25) is 0 Å². The molecule has 3 aromatic rings. The van der Waals surface area contributed by atoms with Crippen LogP contribution in [0.5, 0.6) is 0 Å². The highest BCUT2D eigenvalue weighted by Gasteiger charge is 2.30. The van der Waals surface area contributed by atoms with Gasteiger partial charge in [-0.3, -0.25) is 14.2 Å². The van der Waals surface area contributed by atoms with Gasteiger partial charge in [0.25, 0.3) is 11.5 Å². The molecule has 0 aliphatic carbocycles. The van der Waals surface area contributed by atoms with Gasteiger partial charge in [0.2, 0.25) is 5.69 Å². The third-order valence-corrected chi connectivity index (χ3v) is 4.51. The van der Waals surface area contributed by atoms with Crippen LogP contribution in [0.4, 0.5) is 13.2 Å². The molecule has 1 heterocycles. The number of rotatable bonds is 5. The summed E-state index contributed by atoms with van der Waals surface area (Å²) in [6.07, 6.45) is -4.50. The van der Waals surface area contributed by atoms with Crippen LogP contribution in [0.3, 0.4) is 0 Å². The zero-order valence-corrected chi connectivity index (χ0v) is 16.7. The van der Waals surface area contributed by atoms with Crippen LogP contribution in [0.25, 0.3) is 5.69 Å². The summed E-state index contributed by atoms with van der Waals surface area (Å²) in [7, 11) is 0. The van der Waals surface area contributed by atoms with Crippen LogP contribution in [0.1, 0.15) is 34.1 Å². The van der Waals surface area contributed by atoms with E-state index in [1.54, 1.807) is 31.2 Å². The molecule has 162 valence electrons. The van der Waals surface area contributed by atoms with Crippen molar-refractivity contribution < 1.29 is 18.0 Å². The van der Waals surface area contributed by atoms with Crippen molar-refractivity contribution >= 4 is 5.91 Å². The third kappa shape index (κ3) is 4.73. The second-order valence-electron chi connectivity index (χ2n) is 6.82. The summed E-state index contributed by atoms with van der Waals surface area (Å²) >= 11 is 0. The Balaban J connectivity index is 2.14. The summed E-state index contributed by atoms with van der Waals surface area (Å²) in [5.41, 5.74) is -1.54. The molecule has 10 heteroatoms. The van der Waals surface area contributed by atoms with Crippen molar-refractivity contribution in [2.24, 2.45) is 0 Å². The number of aryl methyl sites for hydroxylation is 1. The number of carbonyl (C=O) groups excluding carboxylic acids is 1. The summed E-state index contributed by atoms with van der Waals surface area (Å²) in [4.78, 5) is 38.2. The van der Waals surface area contributed by atoms with Gasteiger partial charge in [0.05, 0.1) is 17.8 Å². The first-order valence-electron chi connectivity index (χ1n) is 9.37. The van der Waals surface area contributed by atoms with Crippen molar-refractivity contribution in [1.29, 1.82) is 0 Å². The minimum Gasteiger partial charge on any atom is -0.351 e. The molecule has 0 atom stereocenters. The van der Waals surface area contributed by atoms with Crippen molar-refractivity contribution in [3.05, 3.63) is 91.8 Å². The molecule has 0 aliphatic rings. The zero-order chi connectivity index (χ0) is 22.8. The van der Waals surface area contributed by atoms with E-state index in [4.69, 9.17) is 0 Å². The lowest BCUT2D eigenvalue weighted by Gasteiger charge is -2.13. The van der Waals surface area contributed by atoms with E-state index in [2.05, 4.69) is 10.4 Å². The highest BCUT2D eigenvalue weighted by atomic mass is 19.4. The first-order chi connectivity index (χ1) is 14.6. The van der Waals surface area contributed by atoms with Crippen LogP contribution in [0, 0.1) is 6.92 Å². The minimum atomic E-state index is -4.50. The van der Waals surface area contributed by atoms with Gasteiger partial charge >= 0.3 is 11.9 Å². The SMILES string of the molecule is CCNC(=O)c1nn(-c2ccc(C)cc2)c(=O)n(Cc2ccc(C(F)(F)F)cc2)c1=O. The Morgan fingerprint density at radius 1 is 1.03 bits per heavy atom. The van der Waals surface area contributed by atoms with Gasteiger partial charge in [-0.15, -0.1) is 0 Å². The summed E-state index contributed by atoms with van der Waals surface area (Å²) in [6, 6.07) is 10.8. The predicted octanol–water partition coefficient (Wildman–Crippen LogP) is 2.52. The lowest BCUT2D eigenvalue weighted by atomic mass is 10.1. The molecule has 0 saturated carbocycles. The van der Waals surface area contributed by atoms with Gasteiger partial charge in [-0.25, -0.2) is 4.79 Å². The Hall–Kier alpha value is -3.69. The van der Waals surface area contributed by atoms with Crippen molar-refractivity contribution in [2.75, 3.05) is 6.54 Å². The lowest BCUT2D eigenvalue weighted by molar-refractivity contribution is -0.137. The van der Waals surface area contributed by atoms with Gasteiger partial charge in [0, 0.05) is 6.54 Å². The molecule has 1 amide bonds. The second kappa shape index (κ2) is 8.58. The molecule has 2 aromatic carbocycles. The van der Waals surface area contributed by atoms with E-state index in [0.29, 0.717) is 5.69 Å². The molecule has 0 fully saturated rings. The largest absolute Gasteiger partial charge is 0.416 e. The minimum absolute atomic E-state index is 0.239. The summed E-state index contributed by atoms with van der Waals surface area (Å²) in [6.45, 7) is 3.43. The van der Waals surface area contributed by atoms with Gasteiger partial charge in [0.15, 0.2) is 0 Å². The normalized spacial score (nSPS) is 11.4. The number of nitrogens with one attached hydrogen (secondary N) is 1. The molecule has 3 rings (SSSR count). The standard InChI is InChI=1S/C21H19F3N4O3/c1-3-25-18(29)17-19(30)27(12-14-6-8-15(9-7-14)21(22,23)24)20(31)28(26-17)16-10-4-13(2)5-11-16/h4-11H,3,12H2,1-2H3,(H,25,29). The predicted molar refractivity (Wildman–Crippen MR) is 107 cm³/mol. The third-order valence-electron chi connectivity index (χ3n) is 4.51. The highest BCUT2D eigenvalue weighted by Crippen LogP contribution is 2.29. The fourth-order valence-corrected chi connectivity index (χ4v) is 2.88. The highest BCUT2D eigenvalue weighted by molar-refractivity contribution is 5.91. The maximum atomic E-state index is 13.0. The molecule has 0 aliphatic heterocycles. The zero-order valence-electron chi connectivity index (χ0n) is 16.7. The molecule has 1 N–H and O–H groups in total. The van der Waals surface area contributed by atoms with E-state index in [9.17, 15) is 27.6 Å². The van der Waals surface area contributed by atoms with Crippen molar-refractivity contribution in [1.82, 2.24) is 19.7 Å². The molecule has 1 aromatic heterocycles. The van der Waals surface area contributed by atoms with Gasteiger partial charge in [-0.05, 0) is 43.7 Å². The first-order valence-corrected chi connectivity index (χ1v) is 9.37. The van der Waals surface area contributed by atoms with Gasteiger partial charge in [0.1, 0.15) is 0 Å². The Labute approximate surface area is 174 Å². The molecule has 0 spiro atoms. The average molecular weight is 432 g/mol. The van der Waals surface area contributed by atoms with Crippen molar-refractivity contribution in [3.8, 4) is 5.69 Å². The summed E-state index contributed by atoms with van der Waals surface area (Å²) < 4.78 is 40.1. The number of hydrogen-bond acceptors (Lipinski definition) is 4. The summed E-state index contributed by atoms with van der Waals surface area (Å²) in [5, 5.41) is 6.42. The van der Waals surface area contributed by atoms with Crippen LogP contribution < -0.4 is 16.6 Å². The maximum absolute atomic E-state index is 13.0. The molecule has 7 nitrogen and oxygen atoms in total. The molecule has 0 bridgehead atoms. The fourth-order valence-electron chi connectivity index (χ4n) is 2.88. The average Bonchev–Trinajstić information content (AvgIpc) is 2.72. The molecular formula is C21H19F3N4O3. The molecule has 0 saturated heterocycles. The van der Waals surface area contributed by atoms with Crippen LogP contribution >= 0.6 is 0 Å². The van der Waals surface area contributed by atoms with E-state index < -0.39 is 34.6 Å². The van der Waals surface area contributed by atoms with Gasteiger partial charge in [-0.2, -0.15) is 23.0 Å². The second-order valence-corrected chi connectivity index (χ2v) is 6.82. The number of carbonyl (C=O) groups is 1. The van der Waals surface area contributed by atoms with Crippen LogP contribution in [-0.4, -0.2) is 26.8 Å².